The highest BCUT2D eigenvalue weighted by Crippen LogP contribution is 2.15. The number of aryl methyl sites for hydroxylation is 1. The van der Waals surface area contributed by atoms with Gasteiger partial charge in [-0.3, -0.25) is 4.79 Å². The molecule has 0 atom stereocenters. The van der Waals surface area contributed by atoms with Crippen LogP contribution >= 0.6 is 0 Å². The molecule has 94 valence electrons. The van der Waals surface area contributed by atoms with Gasteiger partial charge in [-0.15, -0.1) is 0 Å². The molecule has 0 unspecified atom stereocenters. The summed E-state index contributed by atoms with van der Waals surface area (Å²) in [7, 11) is 0. The van der Waals surface area contributed by atoms with Crippen LogP contribution in [0.3, 0.4) is 0 Å². The molecular formula is C11H10FN3O3. The first-order valence-electron chi connectivity index (χ1n) is 5.18. The number of fused-ring (bicyclic) bond motifs is 1. The van der Waals surface area contributed by atoms with Crippen LogP contribution in [0.5, 0.6) is 0 Å². The molecule has 0 amide bonds. The highest BCUT2D eigenvalue weighted by molar-refractivity contribution is 5.92. The summed E-state index contributed by atoms with van der Waals surface area (Å²) in [6, 6.07) is 0.915. The summed E-state index contributed by atoms with van der Waals surface area (Å²) >= 11 is 0. The fourth-order valence-electron chi connectivity index (χ4n) is 1.69. The van der Waals surface area contributed by atoms with Gasteiger partial charge in [0.1, 0.15) is 11.2 Å². The van der Waals surface area contributed by atoms with Crippen LogP contribution in [0.25, 0.3) is 11.0 Å². The first kappa shape index (κ1) is 12.0. The maximum Gasteiger partial charge on any atom is 0.341 e. The Labute approximate surface area is 100 Å². The molecule has 0 spiro atoms. The molecule has 0 bridgehead atoms. The summed E-state index contributed by atoms with van der Waals surface area (Å²) < 4.78 is 14.8. The maximum absolute atomic E-state index is 13.3. The molecule has 7 heteroatoms. The van der Waals surface area contributed by atoms with Crippen LogP contribution in [0, 0.1) is 5.82 Å². The van der Waals surface area contributed by atoms with Gasteiger partial charge >= 0.3 is 5.97 Å². The van der Waals surface area contributed by atoms with Crippen molar-refractivity contribution in [1.29, 1.82) is 0 Å². The molecule has 2 aromatic rings. The van der Waals surface area contributed by atoms with Crippen molar-refractivity contribution in [3.63, 3.8) is 0 Å². The molecule has 0 aliphatic heterocycles. The van der Waals surface area contributed by atoms with E-state index >= 15 is 0 Å². The van der Waals surface area contributed by atoms with Crippen molar-refractivity contribution < 1.29 is 14.3 Å². The van der Waals surface area contributed by atoms with Gasteiger partial charge in [0.15, 0.2) is 11.6 Å². The third-order valence-electron chi connectivity index (χ3n) is 2.60. The van der Waals surface area contributed by atoms with E-state index in [0.717, 1.165) is 6.07 Å². The van der Waals surface area contributed by atoms with Gasteiger partial charge in [0, 0.05) is 12.7 Å². The Bertz CT molecular complexity index is 709. The molecule has 6 nitrogen and oxygen atoms in total. The highest BCUT2D eigenvalue weighted by atomic mass is 19.1. The number of hydrogen-bond donors (Lipinski definition) is 2. The van der Waals surface area contributed by atoms with Crippen LogP contribution in [-0.4, -0.2) is 20.6 Å². The molecule has 2 rings (SSSR count). The van der Waals surface area contributed by atoms with Crippen LogP contribution in [0.2, 0.25) is 0 Å². The molecule has 0 saturated heterocycles. The summed E-state index contributed by atoms with van der Waals surface area (Å²) in [4.78, 5) is 26.6. The van der Waals surface area contributed by atoms with Crippen molar-refractivity contribution in [2.24, 2.45) is 0 Å². The van der Waals surface area contributed by atoms with Gasteiger partial charge in [-0.2, -0.15) is 0 Å². The van der Waals surface area contributed by atoms with Crippen LogP contribution in [0.4, 0.5) is 10.2 Å². The van der Waals surface area contributed by atoms with Crippen molar-refractivity contribution in [3.05, 3.63) is 33.9 Å². The van der Waals surface area contributed by atoms with Gasteiger partial charge in [-0.05, 0) is 13.0 Å². The largest absolute Gasteiger partial charge is 0.477 e. The van der Waals surface area contributed by atoms with Crippen LogP contribution < -0.4 is 11.2 Å². The van der Waals surface area contributed by atoms with E-state index in [2.05, 4.69) is 4.98 Å². The van der Waals surface area contributed by atoms with Gasteiger partial charge in [-0.1, -0.05) is 0 Å². The molecule has 3 N–H and O–H groups in total. The number of aromatic nitrogens is 2. The number of carboxylic acids is 1. The summed E-state index contributed by atoms with van der Waals surface area (Å²) in [5.74, 6) is -2.53. The van der Waals surface area contributed by atoms with E-state index in [0.29, 0.717) is 6.54 Å². The second kappa shape index (κ2) is 4.10. The summed E-state index contributed by atoms with van der Waals surface area (Å²) in [5.41, 5.74) is 4.32. The molecule has 2 aromatic heterocycles. The number of rotatable bonds is 2. The minimum absolute atomic E-state index is 0.0940. The Morgan fingerprint density at radius 1 is 1.61 bits per heavy atom. The molecule has 0 aliphatic rings. The normalized spacial score (nSPS) is 10.8. The van der Waals surface area contributed by atoms with Gasteiger partial charge in [0.2, 0.25) is 5.43 Å². The lowest BCUT2D eigenvalue weighted by atomic mass is 10.2. The standard InChI is InChI=1S/C11H10FN3O3/c1-2-15-4-6(11(17)18)8(16)5-3-7(12)9(13)14-10(5)15/h3-4H,2H2,1H3,(H2,13,14)(H,17,18). The first-order valence-corrected chi connectivity index (χ1v) is 5.18. The Morgan fingerprint density at radius 2 is 2.28 bits per heavy atom. The van der Waals surface area contributed by atoms with Gasteiger partial charge in [0.05, 0.1) is 5.39 Å². The number of nitrogens with zero attached hydrogens (tertiary/aromatic N) is 2. The number of nitrogens with two attached hydrogens (primary N) is 1. The predicted octanol–water partition coefficient (Wildman–Crippen LogP) is 0.836. The number of nitrogen functional groups attached to an aromatic ring is 1. The average Bonchev–Trinajstić information content (AvgIpc) is 2.32. The molecule has 0 radical (unpaired) electrons. The van der Waals surface area contributed by atoms with Crippen molar-refractivity contribution in [1.82, 2.24) is 9.55 Å². The van der Waals surface area contributed by atoms with Crippen molar-refractivity contribution in [2.75, 3.05) is 5.73 Å². The number of hydrogen-bond acceptors (Lipinski definition) is 4. The quantitative estimate of drug-likeness (QED) is 0.823. The Balaban J connectivity index is 2.99. The predicted molar refractivity (Wildman–Crippen MR) is 63.0 cm³/mol. The van der Waals surface area contributed by atoms with E-state index in [1.165, 1.54) is 10.8 Å². The lowest BCUT2D eigenvalue weighted by Crippen LogP contribution is -2.20. The van der Waals surface area contributed by atoms with E-state index in [-0.39, 0.29) is 16.9 Å². The number of anilines is 1. The van der Waals surface area contributed by atoms with E-state index < -0.39 is 22.8 Å². The third kappa shape index (κ3) is 1.69. The first-order chi connectivity index (χ1) is 8.45. The topological polar surface area (TPSA) is 98.2 Å². The van der Waals surface area contributed by atoms with E-state index in [9.17, 15) is 14.0 Å². The van der Waals surface area contributed by atoms with E-state index in [4.69, 9.17) is 10.8 Å². The number of carboxylic acid groups (broad SMARTS) is 1. The number of pyridine rings is 2. The minimum atomic E-state index is -1.36. The van der Waals surface area contributed by atoms with Gasteiger partial charge in [-0.25, -0.2) is 14.2 Å². The van der Waals surface area contributed by atoms with Crippen LogP contribution in [0.15, 0.2) is 17.1 Å². The molecule has 0 aromatic carbocycles. The minimum Gasteiger partial charge on any atom is -0.477 e. The van der Waals surface area contributed by atoms with E-state index in [1.807, 2.05) is 0 Å². The summed E-state index contributed by atoms with van der Waals surface area (Å²) in [6.45, 7) is 2.13. The molecule has 0 saturated carbocycles. The summed E-state index contributed by atoms with van der Waals surface area (Å²) in [5, 5.41) is 8.82. The van der Waals surface area contributed by atoms with Gasteiger partial charge < -0.3 is 15.4 Å². The second-order valence-corrected chi connectivity index (χ2v) is 3.69. The zero-order valence-electron chi connectivity index (χ0n) is 9.48. The van der Waals surface area contributed by atoms with Crippen molar-refractivity contribution in [3.8, 4) is 0 Å². The fraction of sp³-hybridized carbons (Fsp3) is 0.182. The van der Waals surface area contributed by atoms with Crippen molar-refractivity contribution in [2.45, 2.75) is 13.5 Å². The molecule has 0 aliphatic carbocycles. The van der Waals surface area contributed by atoms with E-state index in [1.54, 1.807) is 6.92 Å². The zero-order chi connectivity index (χ0) is 13.4. The second-order valence-electron chi connectivity index (χ2n) is 3.69. The lowest BCUT2D eigenvalue weighted by Gasteiger charge is -2.09. The third-order valence-corrected chi connectivity index (χ3v) is 2.60. The molecule has 0 fully saturated rings. The highest BCUT2D eigenvalue weighted by Gasteiger charge is 2.16. The monoisotopic (exact) mass is 251 g/mol. The zero-order valence-corrected chi connectivity index (χ0v) is 9.48. The Hall–Kier alpha value is -2.44. The number of halogens is 1. The smallest absolute Gasteiger partial charge is 0.341 e. The fourth-order valence-corrected chi connectivity index (χ4v) is 1.69. The lowest BCUT2D eigenvalue weighted by molar-refractivity contribution is 0.0695. The summed E-state index contributed by atoms with van der Waals surface area (Å²) in [6.07, 6.45) is 1.18. The van der Waals surface area contributed by atoms with Crippen LogP contribution in [0.1, 0.15) is 17.3 Å². The molecule has 2 heterocycles. The van der Waals surface area contributed by atoms with Crippen LogP contribution in [-0.2, 0) is 6.54 Å². The van der Waals surface area contributed by atoms with Crippen molar-refractivity contribution >= 4 is 22.8 Å². The average molecular weight is 251 g/mol. The van der Waals surface area contributed by atoms with Gasteiger partial charge in [0.25, 0.3) is 0 Å². The number of carbonyl (C=O) groups is 1. The Morgan fingerprint density at radius 3 is 2.83 bits per heavy atom. The molecular weight excluding hydrogens is 241 g/mol. The maximum atomic E-state index is 13.3. The Kier molecular flexibility index (Phi) is 2.74. The SMILES string of the molecule is CCn1cc(C(=O)O)c(=O)c2cc(F)c(N)nc21. The number of aromatic carboxylic acids is 1. The molecule has 18 heavy (non-hydrogen) atoms.